The third kappa shape index (κ3) is 4.29. The summed E-state index contributed by atoms with van der Waals surface area (Å²) in [4.78, 5) is 37.6. The minimum absolute atomic E-state index is 0.0626. The van der Waals surface area contributed by atoms with E-state index in [9.17, 15) is 14.4 Å². The quantitative estimate of drug-likeness (QED) is 0.712. The van der Waals surface area contributed by atoms with Gasteiger partial charge in [-0.25, -0.2) is 0 Å². The first-order valence-electron chi connectivity index (χ1n) is 8.58. The molecule has 0 bridgehead atoms. The number of hydrogen-bond acceptors (Lipinski definition) is 4. The smallest absolute Gasteiger partial charge is 0.227 e. The van der Waals surface area contributed by atoms with Crippen LogP contribution in [0.3, 0.4) is 0 Å². The normalized spacial score (nSPS) is 19.6. The Balaban J connectivity index is 1.45. The molecule has 1 aliphatic heterocycles. The largest absolute Gasteiger partial charge is 0.497 e. The molecule has 0 spiro atoms. The standard InChI is InChI=1S/C18H23N3O4/c1-25-15-6-4-14(5-7-15)21-11-13(10-16(21)22)18(24)20-9-8-19-17(23)12-2-3-12/h4-7,12-13H,2-3,8-11H2,1H3,(H,19,23)(H,20,24)/t13-/m0/s1. The summed E-state index contributed by atoms with van der Waals surface area (Å²) in [6.07, 6.45) is 2.12. The number of carbonyl (C=O) groups excluding carboxylic acids is 3. The van der Waals surface area contributed by atoms with E-state index in [-0.39, 0.29) is 36.0 Å². The maximum atomic E-state index is 12.2. The van der Waals surface area contributed by atoms with E-state index >= 15 is 0 Å². The van der Waals surface area contributed by atoms with Gasteiger partial charge in [-0.2, -0.15) is 0 Å². The lowest BCUT2D eigenvalue weighted by Crippen LogP contribution is -2.38. The van der Waals surface area contributed by atoms with Gasteiger partial charge in [0.1, 0.15) is 5.75 Å². The molecule has 2 aliphatic rings. The van der Waals surface area contributed by atoms with Crippen molar-refractivity contribution in [1.29, 1.82) is 0 Å². The molecule has 0 unspecified atom stereocenters. The van der Waals surface area contributed by atoms with Gasteiger partial charge in [0, 0.05) is 37.7 Å². The molecule has 2 fully saturated rings. The number of amides is 3. The van der Waals surface area contributed by atoms with Crippen LogP contribution < -0.4 is 20.3 Å². The predicted molar refractivity (Wildman–Crippen MR) is 92.2 cm³/mol. The van der Waals surface area contributed by atoms with Crippen molar-refractivity contribution in [3.8, 4) is 5.75 Å². The molecule has 3 rings (SSSR count). The maximum Gasteiger partial charge on any atom is 0.227 e. The molecule has 1 saturated carbocycles. The fourth-order valence-corrected chi connectivity index (χ4v) is 2.90. The molecule has 7 heteroatoms. The summed E-state index contributed by atoms with van der Waals surface area (Å²) in [6, 6.07) is 7.20. The molecular weight excluding hydrogens is 322 g/mol. The Morgan fingerprint density at radius 3 is 2.24 bits per heavy atom. The zero-order chi connectivity index (χ0) is 17.8. The average Bonchev–Trinajstić information content (AvgIpc) is 3.41. The SMILES string of the molecule is COc1ccc(N2C[C@@H](C(=O)NCCNC(=O)C3CC3)CC2=O)cc1. The van der Waals surface area contributed by atoms with Gasteiger partial charge in [-0.1, -0.05) is 0 Å². The van der Waals surface area contributed by atoms with Gasteiger partial charge in [-0.05, 0) is 37.1 Å². The second kappa shape index (κ2) is 7.55. The Morgan fingerprint density at radius 1 is 1.08 bits per heavy atom. The van der Waals surface area contributed by atoms with Gasteiger partial charge in [0.05, 0.1) is 13.0 Å². The van der Waals surface area contributed by atoms with Crippen LogP contribution in [0.15, 0.2) is 24.3 Å². The molecule has 7 nitrogen and oxygen atoms in total. The van der Waals surface area contributed by atoms with Crippen molar-refractivity contribution in [1.82, 2.24) is 10.6 Å². The third-order valence-electron chi connectivity index (χ3n) is 4.55. The highest BCUT2D eigenvalue weighted by molar-refractivity contribution is 6.00. The van der Waals surface area contributed by atoms with Gasteiger partial charge < -0.3 is 20.3 Å². The first-order valence-corrected chi connectivity index (χ1v) is 8.58. The monoisotopic (exact) mass is 345 g/mol. The Bertz CT molecular complexity index is 655. The highest BCUT2D eigenvalue weighted by atomic mass is 16.5. The minimum Gasteiger partial charge on any atom is -0.497 e. The van der Waals surface area contributed by atoms with E-state index in [4.69, 9.17) is 4.74 Å². The second-order valence-corrected chi connectivity index (χ2v) is 6.46. The summed E-state index contributed by atoms with van der Waals surface area (Å²) in [5.41, 5.74) is 0.762. The lowest BCUT2D eigenvalue weighted by Gasteiger charge is -2.17. The fraction of sp³-hybridized carbons (Fsp3) is 0.500. The van der Waals surface area contributed by atoms with Crippen molar-refractivity contribution in [3.05, 3.63) is 24.3 Å². The van der Waals surface area contributed by atoms with E-state index in [1.54, 1.807) is 24.1 Å². The number of ether oxygens (including phenoxy) is 1. The summed E-state index contributed by atoms with van der Waals surface area (Å²) in [7, 11) is 1.59. The molecule has 134 valence electrons. The van der Waals surface area contributed by atoms with Crippen LogP contribution in [0.1, 0.15) is 19.3 Å². The molecule has 1 aromatic carbocycles. The molecule has 0 radical (unpaired) electrons. The highest BCUT2D eigenvalue weighted by Crippen LogP contribution is 2.28. The molecule has 1 aromatic rings. The number of hydrogen-bond donors (Lipinski definition) is 2. The van der Waals surface area contributed by atoms with Crippen molar-refractivity contribution >= 4 is 23.4 Å². The molecule has 25 heavy (non-hydrogen) atoms. The van der Waals surface area contributed by atoms with Gasteiger partial charge in [0.25, 0.3) is 0 Å². The Hall–Kier alpha value is -2.57. The molecule has 2 N–H and O–H groups in total. The molecule has 1 heterocycles. The van der Waals surface area contributed by atoms with Gasteiger partial charge in [-0.3, -0.25) is 14.4 Å². The number of nitrogens with one attached hydrogen (secondary N) is 2. The lowest BCUT2D eigenvalue weighted by molar-refractivity contribution is -0.126. The van der Waals surface area contributed by atoms with Crippen molar-refractivity contribution < 1.29 is 19.1 Å². The Labute approximate surface area is 146 Å². The molecule has 0 aromatic heterocycles. The van der Waals surface area contributed by atoms with Crippen molar-refractivity contribution in [2.75, 3.05) is 31.6 Å². The summed E-state index contributed by atoms with van der Waals surface area (Å²) in [5, 5.41) is 5.60. The second-order valence-electron chi connectivity index (χ2n) is 6.46. The van der Waals surface area contributed by atoms with Crippen LogP contribution >= 0.6 is 0 Å². The van der Waals surface area contributed by atoms with Crippen molar-refractivity contribution in [3.63, 3.8) is 0 Å². The zero-order valence-electron chi connectivity index (χ0n) is 14.3. The van der Waals surface area contributed by atoms with E-state index in [1.165, 1.54) is 0 Å². The van der Waals surface area contributed by atoms with Crippen LogP contribution in [0.2, 0.25) is 0 Å². The van der Waals surface area contributed by atoms with Crippen LogP contribution in [0, 0.1) is 11.8 Å². The van der Waals surface area contributed by atoms with Crippen LogP contribution in [-0.4, -0.2) is 44.5 Å². The van der Waals surface area contributed by atoms with E-state index in [2.05, 4.69) is 10.6 Å². The number of benzene rings is 1. The zero-order valence-corrected chi connectivity index (χ0v) is 14.3. The highest BCUT2D eigenvalue weighted by Gasteiger charge is 2.35. The minimum atomic E-state index is -0.367. The fourth-order valence-electron chi connectivity index (χ4n) is 2.90. The van der Waals surface area contributed by atoms with Crippen molar-refractivity contribution in [2.24, 2.45) is 11.8 Å². The Morgan fingerprint density at radius 2 is 1.68 bits per heavy atom. The molecule has 1 aliphatic carbocycles. The average molecular weight is 345 g/mol. The van der Waals surface area contributed by atoms with Gasteiger partial charge in [0.2, 0.25) is 17.7 Å². The van der Waals surface area contributed by atoms with E-state index in [0.29, 0.717) is 19.6 Å². The topological polar surface area (TPSA) is 87.7 Å². The number of anilines is 1. The maximum absolute atomic E-state index is 12.2. The van der Waals surface area contributed by atoms with Gasteiger partial charge >= 0.3 is 0 Å². The van der Waals surface area contributed by atoms with Crippen molar-refractivity contribution in [2.45, 2.75) is 19.3 Å². The number of rotatable bonds is 7. The lowest BCUT2D eigenvalue weighted by atomic mass is 10.1. The van der Waals surface area contributed by atoms with Crippen LogP contribution in [0.25, 0.3) is 0 Å². The first kappa shape index (κ1) is 17.3. The molecule has 1 atom stereocenters. The van der Waals surface area contributed by atoms with E-state index < -0.39 is 0 Å². The van der Waals surface area contributed by atoms with Crippen LogP contribution in [-0.2, 0) is 14.4 Å². The first-order chi connectivity index (χ1) is 12.1. The summed E-state index contributed by atoms with van der Waals surface area (Å²) in [6.45, 7) is 1.17. The van der Waals surface area contributed by atoms with Crippen LogP contribution in [0.5, 0.6) is 5.75 Å². The summed E-state index contributed by atoms with van der Waals surface area (Å²) < 4.78 is 5.11. The van der Waals surface area contributed by atoms with E-state index in [1.807, 2.05) is 12.1 Å². The number of methoxy groups -OCH3 is 1. The summed E-state index contributed by atoms with van der Waals surface area (Å²) in [5.74, 6) is 0.376. The molecular formula is C18H23N3O4. The number of carbonyl (C=O) groups is 3. The third-order valence-corrected chi connectivity index (χ3v) is 4.55. The Kier molecular flexibility index (Phi) is 5.21. The van der Waals surface area contributed by atoms with Gasteiger partial charge in [0.15, 0.2) is 0 Å². The predicted octanol–water partition coefficient (Wildman–Crippen LogP) is 0.690. The molecule has 1 saturated heterocycles. The van der Waals surface area contributed by atoms with E-state index in [0.717, 1.165) is 24.3 Å². The summed E-state index contributed by atoms with van der Waals surface area (Å²) >= 11 is 0. The van der Waals surface area contributed by atoms with Gasteiger partial charge in [-0.15, -0.1) is 0 Å². The van der Waals surface area contributed by atoms with Crippen LogP contribution in [0.4, 0.5) is 5.69 Å². The number of nitrogens with zero attached hydrogens (tertiary/aromatic N) is 1. The molecule has 3 amide bonds.